The summed E-state index contributed by atoms with van der Waals surface area (Å²) in [6.07, 6.45) is -1.28. The molecule has 232 valence electrons. The van der Waals surface area contributed by atoms with E-state index in [1.54, 1.807) is 4.90 Å². The number of nitrogens with zero attached hydrogens (tertiary/aromatic N) is 6. The number of carboxylic acids is 1. The third-order valence-corrected chi connectivity index (χ3v) is 9.14. The SMILES string of the molecule is C[C@@H]1CC[C@@H](C)N1Cc1sc(Nc2ncnc(N3CCN(CCC(=O)O)CC3)c2F)nc1-c1cc(Cl)cc(C(F)(F)F)c1. The number of likely N-dealkylation sites (tertiary alicyclic amines) is 1. The largest absolute Gasteiger partial charge is 0.481 e. The average Bonchev–Trinajstić information content (AvgIpc) is 3.50. The molecule has 2 fully saturated rings. The molecule has 0 spiro atoms. The summed E-state index contributed by atoms with van der Waals surface area (Å²) in [4.78, 5) is 30.5. The first-order chi connectivity index (χ1) is 20.4. The lowest BCUT2D eigenvalue weighted by atomic mass is 10.1. The summed E-state index contributed by atoms with van der Waals surface area (Å²) >= 11 is 7.35. The van der Waals surface area contributed by atoms with Gasteiger partial charge in [0.05, 0.1) is 17.7 Å². The van der Waals surface area contributed by atoms with E-state index in [0.717, 1.165) is 29.9 Å². The van der Waals surface area contributed by atoms with Crippen molar-refractivity contribution in [1.29, 1.82) is 0 Å². The van der Waals surface area contributed by atoms with Crippen molar-refractivity contribution in [2.24, 2.45) is 0 Å². The van der Waals surface area contributed by atoms with Gasteiger partial charge in [0.2, 0.25) is 5.82 Å². The molecule has 2 atom stereocenters. The molecule has 4 heterocycles. The van der Waals surface area contributed by atoms with Crippen molar-refractivity contribution < 1.29 is 27.5 Å². The number of alkyl halides is 3. The first kappa shape index (κ1) is 31.4. The van der Waals surface area contributed by atoms with Gasteiger partial charge in [-0.05, 0) is 44.9 Å². The number of nitrogens with one attached hydrogen (secondary N) is 1. The molecule has 0 amide bonds. The zero-order valence-corrected chi connectivity index (χ0v) is 25.2. The van der Waals surface area contributed by atoms with Gasteiger partial charge in [-0.15, -0.1) is 0 Å². The number of rotatable bonds is 9. The molecule has 43 heavy (non-hydrogen) atoms. The van der Waals surface area contributed by atoms with Gasteiger partial charge in [0.1, 0.15) is 6.33 Å². The van der Waals surface area contributed by atoms with Gasteiger partial charge >= 0.3 is 12.1 Å². The maximum atomic E-state index is 15.7. The molecular weight excluding hydrogens is 610 g/mol. The summed E-state index contributed by atoms with van der Waals surface area (Å²) in [6, 6.07) is 3.95. The molecule has 0 unspecified atom stereocenters. The summed E-state index contributed by atoms with van der Waals surface area (Å²) in [6.45, 7) is 7.17. The molecule has 2 aliphatic heterocycles. The molecule has 3 aromatic rings. The van der Waals surface area contributed by atoms with Crippen LogP contribution in [-0.2, 0) is 17.5 Å². The van der Waals surface area contributed by atoms with E-state index >= 15 is 4.39 Å². The number of halogens is 5. The number of hydrogen-bond donors (Lipinski definition) is 2. The molecule has 0 radical (unpaired) electrons. The van der Waals surface area contributed by atoms with E-state index in [1.807, 2.05) is 4.90 Å². The van der Waals surface area contributed by atoms with Crippen molar-refractivity contribution in [2.75, 3.05) is 42.9 Å². The van der Waals surface area contributed by atoms with Gasteiger partial charge in [0.25, 0.3) is 0 Å². The number of anilines is 3. The molecule has 9 nitrogen and oxygen atoms in total. The summed E-state index contributed by atoms with van der Waals surface area (Å²) < 4.78 is 56.6. The lowest BCUT2D eigenvalue weighted by Crippen LogP contribution is -2.47. The Morgan fingerprint density at radius 2 is 1.81 bits per heavy atom. The second-order valence-electron chi connectivity index (χ2n) is 10.9. The van der Waals surface area contributed by atoms with Crippen LogP contribution in [-0.4, -0.2) is 80.6 Å². The Hall–Kier alpha value is -3.07. The van der Waals surface area contributed by atoms with Crippen molar-refractivity contribution in [3.8, 4) is 11.3 Å². The van der Waals surface area contributed by atoms with Crippen LogP contribution in [0.25, 0.3) is 11.3 Å². The second kappa shape index (κ2) is 12.9. The standard InChI is InChI=1S/C28H32ClF4N7O2S/c1-16-3-4-17(2)40(16)14-21-24(18-11-19(28(31,32)33)13-20(29)12-18)36-27(43-21)37-25-23(30)26(35-15-34-25)39-9-7-38(8-10-39)6-5-22(41)42/h11-13,15-17H,3-10,14H2,1-2H3,(H,41,42)(H,34,35,36,37)/t16-,17-/m1/s1. The highest BCUT2D eigenvalue weighted by molar-refractivity contribution is 7.16. The summed E-state index contributed by atoms with van der Waals surface area (Å²) in [5.74, 6) is -1.54. The van der Waals surface area contributed by atoms with Gasteiger partial charge in [-0.1, -0.05) is 22.9 Å². The summed E-state index contributed by atoms with van der Waals surface area (Å²) in [7, 11) is 0. The number of thiazole rings is 1. The minimum atomic E-state index is -4.59. The topological polar surface area (TPSA) is 97.7 Å². The lowest BCUT2D eigenvalue weighted by Gasteiger charge is -2.35. The molecular formula is C28H32ClF4N7O2S. The smallest absolute Gasteiger partial charge is 0.416 e. The maximum absolute atomic E-state index is 15.7. The van der Waals surface area contributed by atoms with Crippen LogP contribution in [0.5, 0.6) is 0 Å². The molecule has 2 aliphatic rings. The highest BCUT2D eigenvalue weighted by atomic mass is 35.5. The Balaban J connectivity index is 1.42. The van der Waals surface area contributed by atoms with Gasteiger partial charge < -0.3 is 15.3 Å². The van der Waals surface area contributed by atoms with E-state index in [4.69, 9.17) is 16.7 Å². The van der Waals surface area contributed by atoms with E-state index in [-0.39, 0.29) is 45.9 Å². The Kier molecular flexibility index (Phi) is 9.40. The number of aliphatic carboxylic acids is 1. The number of carbonyl (C=O) groups is 1. The Morgan fingerprint density at radius 3 is 2.47 bits per heavy atom. The number of piperazine rings is 1. The minimum Gasteiger partial charge on any atom is -0.481 e. The molecule has 5 rings (SSSR count). The van der Waals surface area contributed by atoms with E-state index in [0.29, 0.717) is 45.0 Å². The monoisotopic (exact) mass is 641 g/mol. The molecule has 2 aromatic heterocycles. The fourth-order valence-corrected chi connectivity index (χ4v) is 6.79. The molecule has 2 saturated heterocycles. The number of aromatic nitrogens is 3. The van der Waals surface area contributed by atoms with Gasteiger partial charge in [-0.3, -0.25) is 14.6 Å². The van der Waals surface area contributed by atoms with Gasteiger partial charge in [0, 0.05) is 66.8 Å². The predicted octanol–water partition coefficient (Wildman–Crippen LogP) is 6.12. The Bertz CT molecular complexity index is 1460. The highest BCUT2D eigenvalue weighted by Crippen LogP contribution is 2.40. The van der Waals surface area contributed by atoms with Crippen LogP contribution in [0.3, 0.4) is 0 Å². The van der Waals surface area contributed by atoms with E-state index < -0.39 is 23.5 Å². The quantitative estimate of drug-likeness (QED) is 0.268. The normalized spacial score (nSPS) is 20.1. The summed E-state index contributed by atoms with van der Waals surface area (Å²) in [5.41, 5.74) is -0.303. The number of benzene rings is 1. The number of hydrogen-bond acceptors (Lipinski definition) is 9. The minimum absolute atomic E-state index is 0.0377. The first-order valence-corrected chi connectivity index (χ1v) is 15.2. The van der Waals surface area contributed by atoms with Crippen LogP contribution in [0.2, 0.25) is 5.02 Å². The number of carboxylic acid groups (broad SMARTS) is 1. The molecule has 2 N–H and O–H groups in total. The third-order valence-electron chi connectivity index (χ3n) is 7.97. The fourth-order valence-electron chi connectivity index (χ4n) is 5.56. The molecule has 1 aromatic carbocycles. The average molecular weight is 642 g/mol. The van der Waals surface area contributed by atoms with E-state index in [1.165, 1.54) is 23.7 Å². The van der Waals surface area contributed by atoms with Crippen molar-refractivity contribution >= 4 is 45.7 Å². The van der Waals surface area contributed by atoms with Crippen molar-refractivity contribution in [2.45, 2.75) is 57.9 Å². The maximum Gasteiger partial charge on any atom is 0.416 e. The van der Waals surface area contributed by atoms with Crippen molar-refractivity contribution in [1.82, 2.24) is 24.8 Å². The molecule has 0 aliphatic carbocycles. The van der Waals surface area contributed by atoms with E-state index in [9.17, 15) is 18.0 Å². The van der Waals surface area contributed by atoms with Crippen LogP contribution in [0.1, 0.15) is 43.6 Å². The van der Waals surface area contributed by atoms with Gasteiger partial charge in [-0.25, -0.2) is 15.0 Å². The van der Waals surface area contributed by atoms with Crippen LogP contribution < -0.4 is 10.2 Å². The van der Waals surface area contributed by atoms with Crippen LogP contribution in [0.4, 0.5) is 34.3 Å². The van der Waals surface area contributed by atoms with Crippen LogP contribution in [0.15, 0.2) is 24.5 Å². The Labute approximate surface area is 255 Å². The molecule has 0 bridgehead atoms. The van der Waals surface area contributed by atoms with Crippen molar-refractivity contribution in [3.05, 3.63) is 45.8 Å². The zero-order valence-electron chi connectivity index (χ0n) is 23.7. The highest BCUT2D eigenvalue weighted by Gasteiger charge is 2.33. The zero-order chi connectivity index (χ0) is 30.9. The van der Waals surface area contributed by atoms with Gasteiger partial charge in [-0.2, -0.15) is 17.6 Å². The van der Waals surface area contributed by atoms with E-state index in [2.05, 4.69) is 39.0 Å². The van der Waals surface area contributed by atoms with Crippen LogP contribution in [0, 0.1) is 5.82 Å². The lowest BCUT2D eigenvalue weighted by molar-refractivity contribution is -0.138. The second-order valence-corrected chi connectivity index (χ2v) is 12.4. The molecule has 0 saturated carbocycles. The molecule has 15 heteroatoms. The predicted molar refractivity (Wildman–Crippen MR) is 157 cm³/mol. The van der Waals surface area contributed by atoms with Crippen LogP contribution >= 0.6 is 22.9 Å². The first-order valence-electron chi connectivity index (χ1n) is 14.0. The summed E-state index contributed by atoms with van der Waals surface area (Å²) in [5, 5.41) is 12.1. The van der Waals surface area contributed by atoms with Crippen molar-refractivity contribution in [3.63, 3.8) is 0 Å². The van der Waals surface area contributed by atoms with Gasteiger partial charge in [0.15, 0.2) is 16.8 Å². The fraction of sp³-hybridized carbons (Fsp3) is 0.500. The Morgan fingerprint density at radius 1 is 1.12 bits per heavy atom. The third kappa shape index (κ3) is 7.36.